The molecule has 3 nitrogen and oxygen atoms in total. The average Bonchev–Trinajstić information content (AvgIpc) is 2.63. The largest absolute Gasteiger partial charge is 0.488 e. The summed E-state index contributed by atoms with van der Waals surface area (Å²) in [4.78, 5) is 11.0. The molecule has 0 radical (unpaired) electrons. The molecule has 0 fully saturated rings. The van der Waals surface area contributed by atoms with Gasteiger partial charge in [-0.25, -0.2) is 4.79 Å². The van der Waals surface area contributed by atoms with Gasteiger partial charge in [-0.1, -0.05) is 31.2 Å². The highest BCUT2D eigenvalue weighted by molar-refractivity contribution is 5.95. The number of benzene rings is 1. The van der Waals surface area contributed by atoms with Crippen LogP contribution in [0.4, 0.5) is 0 Å². The van der Waals surface area contributed by atoms with Crippen LogP contribution < -0.4 is 0 Å². The lowest BCUT2D eigenvalue weighted by molar-refractivity contribution is -0.132. The summed E-state index contributed by atoms with van der Waals surface area (Å²) in [5.41, 5.74) is 2.32. The van der Waals surface area contributed by atoms with Crippen molar-refractivity contribution in [2.75, 3.05) is 0 Å². The predicted octanol–water partition coefficient (Wildman–Crippen LogP) is 2.42. The minimum Gasteiger partial charge on any atom is -0.488 e. The Bertz CT molecular complexity index is 432. The van der Waals surface area contributed by atoms with Gasteiger partial charge in [-0.3, -0.25) is 0 Å². The predicted molar refractivity (Wildman–Crippen MR) is 56.1 cm³/mol. The lowest BCUT2D eigenvalue weighted by Gasteiger charge is -2.04. The number of rotatable bonds is 2. The second kappa shape index (κ2) is 3.77. The molecule has 78 valence electrons. The first-order chi connectivity index (χ1) is 7.24. The third-order valence-electron chi connectivity index (χ3n) is 2.52. The van der Waals surface area contributed by atoms with Crippen LogP contribution >= 0.6 is 0 Å². The van der Waals surface area contributed by atoms with Gasteiger partial charge in [-0.05, 0) is 6.42 Å². The van der Waals surface area contributed by atoms with Gasteiger partial charge in [0.25, 0.3) is 0 Å². The smallest absolute Gasteiger partial charge is 0.335 e. The zero-order valence-corrected chi connectivity index (χ0v) is 8.49. The topological polar surface area (TPSA) is 46.5 Å². The Balaban J connectivity index is 2.54. The van der Waals surface area contributed by atoms with Crippen molar-refractivity contribution >= 4 is 11.7 Å². The maximum Gasteiger partial charge on any atom is 0.335 e. The highest BCUT2D eigenvalue weighted by Crippen LogP contribution is 2.32. The van der Waals surface area contributed by atoms with Crippen LogP contribution in [0, 0.1) is 0 Å². The maximum absolute atomic E-state index is 11.0. The zero-order valence-electron chi connectivity index (χ0n) is 8.49. The zero-order chi connectivity index (χ0) is 10.8. The van der Waals surface area contributed by atoms with Crippen molar-refractivity contribution in [3.05, 3.63) is 41.0 Å². The fraction of sp³-hybridized carbons (Fsp3) is 0.250. The molecule has 1 heterocycles. The Morgan fingerprint density at radius 1 is 1.47 bits per heavy atom. The number of carboxylic acid groups (broad SMARTS) is 1. The quantitative estimate of drug-likeness (QED) is 0.752. The van der Waals surface area contributed by atoms with Gasteiger partial charge in [-0.15, -0.1) is 0 Å². The molecule has 2 rings (SSSR count). The Labute approximate surface area is 88.0 Å². The van der Waals surface area contributed by atoms with Gasteiger partial charge in [0.1, 0.15) is 12.4 Å². The van der Waals surface area contributed by atoms with Crippen molar-refractivity contribution in [2.24, 2.45) is 0 Å². The van der Waals surface area contributed by atoms with Crippen LogP contribution in [0.3, 0.4) is 0 Å². The third-order valence-corrected chi connectivity index (χ3v) is 2.52. The first kappa shape index (κ1) is 9.77. The minimum atomic E-state index is -0.899. The molecule has 1 aliphatic heterocycles. The summed E-state index contributed by atoms with van der Waals surface area (Å²) < 4.78 is 5.44. The number of carboxylic acids is 1. The van der Waals surface area contributed by atoms with Crippen LogP contribution in [0.15, 0.2) is 29.8 Å². The Hall–Kier alpha value is -1.77. The lowest BCUT2D eigenvalue weighted by Crippen LogP contribution is -2.02. The monoisotopic (exact) mass is 204 g/mol. The highest BCUT2D eigenvalue weighted by Gasteiger charge is 2.23. The van der Waals surface area contributed by atoms with E-state index in [0.29, 0.717) is 24.4 Å². The van der Waals surface area contributed by atoms with Crippen molar-refractivity contribution in [1.82, 2.24) is 0 Å². The van der Waals surface area contributed by atoms with Gasteiger partial charge < -0.3 is 9.84 Å². The normalized spacial score (nSPS) is 16.9. The summed E-state index contributed by atoms with van der Waals surface area (Å²) in [6.45, 7) is 2.29. The second-order valence-corrected chi connectivity index (χ2v) is 3.41. The molecular formula is C12H12O3. The molecule has 0 spiro atoms. The number of hydrogen-bond donors (Lipinski definition) is 1. The molecule has 0 aromatic heterocycles. The van der Waals surface area contributed by atoms with Gasteiger partial charge in [0, 0.05) is 11.1 Å². The van der Waals surface area contributed by atoms with Crippen molar-refractivity contribution < 1.29 is 14.6 Å². The number of fused-ring (bicyclic) bond motifs is 1. The number of aliphatic carboxylic acids is 1. The van der Waals surface area contributed by atoms with Crippen molar-refractivity contribution in [1.29, 1.82) is 0 Å². The molecule has 0 atom stereocenters. The number of ether oxygens (including phenoxy) is 1. The number of hydrogen-bond acceptors (Lipinski definition) is 2. The van der Waals surface area contributed by atoms with Crippen LogP contribution in [-0.4, -0.2) is 11.1 Å². The highest BCUT2D eigenvalue weighted by atomic mass is 16.5. The summed E-state index contributed by atoms with van der Waals surface area (Å²) in [6.07, 6.45) is 0.471. The molecule has 3 heteroatoms. The van der Waals surface area contributed by atoms with E-state index in [4.69, 9.17) is 9.84 Å². The molecule has 15 heavy (non-hydrogen) atoms. The van der Waals surface area contributed by atoms with Crippen molar-refractivity contribution in [2.45, 2.75) is 20.0 Å². The van der Waals surface area contributed by atoms with Crippen LogP contribution in [0.25, 0.3) is 5.76 Å². The molecule has 0 unspecified atom stereocenters. The van der Waals surface area contributed by atoms with E-state index in [0.717, 1.165) is 11.1 Å². The minimum absolute atomic E-state index is 0.347. The van der Waals surface area contributed by atoms with E-state index in [2.05, 4.69) is 0 Å². The van der Waals surface area contributed by atoms with Crippen molar-refractivity contribution in [3.8, 4) is 0 Å². The Kier molecular flexibility index (Phi) is 2.46. The molecule has 1 N–H and O–H groups in total. The summed E-state index contributed by atoms with van der Waals surface area (Å²) in [5.74, 6) is -0.371. The molecule has 0 amide bonds. The van der Waals surface area contributed by atoms with Gasteiger partial charge in [0.15, 0.2) is 0 Å². The van der Waals surface area contributed by atoms with Crippen LogP contribution in [0.5, 0.6) is 0 Å². The lowest BCUT2D eigenvalue weighted by atomic mass is 10.0. The van der Waals surface area contributed by atoms with Gasteiger partial charge in [-0.2, -0.15) is 0 Å². The molecule has 0 saturated carbocycles. The fourth-order valence-corrected chi connectivity index (χ4v) is 1.75. The van der Waals surface area contributed by atoms with E-state index in [9.17, 15) is 4.79 Å². The van der Waals surface area contributed by atoms with E-state index in [1.54, 1.807) is 0 Å². The standard InChI is InChI=1S/C12H12O3/c1-2-9(12(13)14)11-10-6-4-3-5-8(10)7-15-11/h3-6H,2,7H2,1H3,(H,13,14). The first-order valence-corrected chi connectivity index (χ1v) is 4.91. The van der Waals surface area contributed by atoms with Crippen LogP contribution in [0.2, 0.25) is 0 Å². The van der Waals surface area contributed by atoms with Crippen LogP contribution in [-0.2, 0) is 16.1 Å². The van der Waals surface area contributed by atoms with Crippen LogP contribution in [0.1, 0.15) is 24.5 Å². The van der Waals surface area contributed by atoms with E-state index >= 15 is 0 Å². The fourth-order valence-electron chi connectivity index (χ4n) is 1.75. The first-order valence-electron chi connectivity index (χ1n) is 4.91. The molecule has 1 aliphatic rings. The summed E-state index contributed by atoms with van der Waals surface area (Å²) in [5, 5.41) is 9.02. The number of carbonyl (C=O) groups is 1. The second-order valence-electron chi connectivity index (χ2n) is 3.41. The molecule has 1 aromatic carbocycles. The van der Waals surface area contributed by atoms with Crippen molar-refractivity contribution in [3.63, 3.8) is 0 Å². The third kappa shape index (κ3) is 1.61. The van der Waals surface area contributed by atoms with Gasteiger partial charge >= 0.3 is 5.97 Å². The maximum atomic E-state index is 11.0. The SMILES string of the molecule is CCC(C(=O)O)=C1OCc2ccccc21. The van der Waals surface area contributed by atoms with E-state index in [-0.39, 0.29) is 0 Å². The van der Waals surface area contributed by atoms with E-state index in [1.165, 1.54) is 0 Å². The Morgan fingerprint density at radius 3 is 2.87 bits per heavy atom. The molecule has 1 aromatic rings. The molecule has 0 aliphatic carbocycles. The summed E-state index contributed by atoms with van der Waals surface area (Å²) >= 11 is 0. The molecular weight excluding hydrogens is 192 g/mol. The molecule has 0 bridgehead atoms. The van der Waals surface area contributed by atoms with Gasteiger partial charge in [0.05, 0.1) is 5.57 Å². The summed E-state index contributed by atoms with van der Waals surface area (Å²) in [6, 6.07) is 7.67. The van der Waals surface area contributed by atoms with E-state index in [1.807, 2.05) is 31.2 Å². The van der Waals surface area contributed by atoms with Gasteiger partial charge in [0.2, 0.25) is 0 Å². The Morgan fingerprint density at radius 2 is 2.20 bits per heavy atom. The van der Waals surface area contributed by atoms with E-state index < -0.39 is 5.97 Å². The average molecular weight is 204 g/mol. The summed E-state index contributed by atoms with van der Waals surface area (Å²) in [7, 11) is 0. The molecule has 0 saturated heterocycles.